The van der Waals surface area contributed by atoms with E-state index in [0.717, 1.165) is 38.9 Å². The zero-order chi connectivity index (χ0) is 12.5. The zero-order valence-electron chi connectivity index (χ0n) is 10.4. The molecule has 5 heteroatoms. The molecule has 1 fully saturated rings. The van der Waals surface area contributed by atoms with E-state index in [-0.39, 0.29) is 6.09 Å². The number of amides is 1. The van der Waals surface area contributed by atoms with Crippen molar-refractivity contribution in [2.75, 3.05) is 26.2 Å². The van der Waals surface area contributed by atoms with E-state index in [1.807, 2.05) is 6.92 Å². The fourth-order valence-electron chi connectivity index (χ4n) is 1.95. The third-order valence-electron chi connectivity index (χ3n) is 2.92. The molecule has 0 aromatic rings. The number of nitrogens with one attached hydrogen (secondary N) is 1. The van der Waals surface area contributed by atoms with Gasteiger partial charge >= 0.3 is 6.09 Å². The molecule has 1 aliphatic rings. The molecule has 0 aromatic carbocycles. The van der Waals surface area contributed by atoms with Gasteiger partial charge in [0.05, 0.1) is 12.7 Å². The van der Waals surface area contributed by atoms with Crippen molar-refractivity contribution in [3.63, 3.8) is 0 Å². The van der Waals surface area contributed by atoms with Gasteiger partial charge in [-0.2, -0.15) is 5.26 Å². The lowest BCUT2D eigenvalue weighted by Gasteiger charge is -2.31. The van der Waals surface area contributed by atoms with Crippen molar-refractivity contribution in [3.05, 3.63) is 0 Å². The molecule has 0 aromatic heterocycles. The van der Waals surface area contributed by atoms with Crippen molar-refractivity contribution < 1.29 is 9.53 Å². The Morgan fingerprint density at radius 1 is 1.53 bits per heavy atom. The van der Waals surface area contributed by atoms with Crippen LogP contribution in [0.2, 0.25) is 0 Å². The van der Waals surface area contributed by atoms with Crippen LogP contribution in [0.1, 0.15) is 32.6 Å². The number of nitrogens with zero attached hydrogens (tertiary/aromatic N) is 2. The number of unbranched alkanes of at least 4 members (excludes halogenated alkanes) is 1. The number of carbonyl (C=O) groups is 1. The Morgan fingerprint density at radius 3 is 2.82 bits per heavy atom. The lowest BCUT2D eigenvalue weighted by atomic mass is 10.1. The van der Waals surface area contributed by atoms with Crippen LogP contribution in [0.4, 0.5) is 4.79 Å². The van der Waals surface area contributed by atoms with Crippen LogP contribution in [-0.2, 0) is 4.74 Å². The van der Waals surface area contributed by atoms with Gasteiger partial charge < -0.3 is 15.0 Å². The van der Waals surface area contributed by atoms with Crippen LogP contribution >= 0.6 is 0 Å². The van der Waals surface area contributed by atoms with Crippen molar-refractivity contribution in [2.45, 2.75) is 38.6 Å². The van der Waals surface area contributed by atoms with Gasteiger partial charge in [-0.15, -0.1) is 0 Å². The number of hydrogen-bond acceptors (Lipinski definition) is 4. The molecule has 1 saturated heterocycles. The summed E-state index contributed by atoms with van der Waals surface area (Å²) in [5.41, 5.74) is 0. The second-order valence-electron chi connectivity index (χ2n) is 4.18. The smallest absolute Gasteiger partial charge is 0.409 e. The summed E-state index contributed by atoms with van der Waals surface area (Å²) in [6.45, 7) is 4.66. The molecule has 0 bridgehead atoms. The van der Waals surface area contributed by atoms with Gasteiger partial charge in [0.1, 0.15) is 0 Å². The quantitative estimate of drug-likeness (QED) is 0.738. The van der Waals surface area contributed by atoms with Gasteiger partial charge in [0.25, 0.3) is 0 Å². The molecule has 1 heterocycles. The van der Waals surface area contributed by atoms with Crippen LogP contribution < -0.4 is 5.32 Å². The highest BCUT2D eigenvalue weighted by molar-refractivity contribution is 5.67. The first-order chi connectivity index (χ1) is 8.27. The third-order valence-corrected chi connectivity index (χ3v) is 2.92. The van der Waals surface area contributed by atoms with Crippen molar-refractivity contribution in [1.82, 2.24) is 10.2 Å². The molecule has 17 heavy (non-hydrogen) atoms. The predicted octanol–water partition coefficient (Wildman–Crippen LogP) is 1.50. The standard InChI is InChI=1S/C12H21N3O2/c1-2-17-12(16)15-9-5-11(6-10-15)14-8-4-3-7-13/h11,14H,2-6,8-10H2,1H3. The molecule has 0 aliphatic carbocycles. The van der Waals surface area contributed by atoms with Gasteiger partial charge in [0.15, 0.2) is 0 Å². The van der Waals surface area contributed by atoms with E-state index < -0.39 is 0 Å². The molecule has 1 N–H and O–H groups in total. The van der Waals surface area contributed by atoms with Gasteiger partial charge in [-0.05, 0) is 32.7 Å². The molecule has 0 spiro atoms. The molecule has 1 amide bonds. The highest BCUT2D eigenvalue weighted by atomic mass is 16.6. The number of rotatable bonds is 5. The van der Waals surface area contributed by atoms with Crippen LogP contribution in [0, 0.1) is 11.3 Å². The lowest BCUT2D eigenvalue weighted by molar-refractivity contribution is 0.0951. The largest absolute Gasteiger partial charge is 0.450 e. The first-order valence-corrected chi connectivity index (χ1v) is 6.30. The summed E-state index contributed by atoms with van der Waals surface area (Å²) in [7, 11) is 0. The van der Waals surface area contributed by atoms with Crippen LogP contribution in [0.15, 0.2) is 0 Å². The zero-order valence-corrected chi connectivity index (χ0v) is 10.4. The fourth-order valence-corrected chi connectivity index (χ4v) is 1.95. The summed E-state index contributed by atoms with van der Waals surface area (Å²) < 4.78 is 4.96. The normalized spacial score (nSPS) is 16.6. The van der Waals surface area contributed by atoms with Crippen molar-refractivity contribution in [3.8, 4) is 6.07 Å². The minimum absolute atomic E-state index is 0.199. The summed E-state index contributed by atoms with van der Waals surface area (Å²) >= 11 is 0. The summed E-state index contributed by atoms with van der Waals surface area (Å²) in [5, 5.41) is 11.8. The lowest BCUT2D eigenvalue weighted by Crippen LogP contribution is -2.45. The van der Waals surface area contributed by atoms with Crippen LogP contribution in [0.3, 0.4) is 0 Å². The Hall–Kier alpha value is -1.28. The van der Waals surface area contributed by atoms with E-state index in [0.29, 0.717) is 19.1 Å². The maximum Gasteiger partial charge on any atom is 0.409 e. The molecule has 5 nitrogen and oxygen atoms in total. The molecule has 0 radical (unpaired) electrons. The van der Waals surface area contributed by atoms with Crippen molar-refractivity contribution in [1.29, 1.82) is 5.26 Å². The van der Waals surface area contributed by atoms with Gasteiger partial charge in [0.2, 0.25) is 0 Å². The minimum Gasteiger partial charge on any atom is -0.450 e. The Kier molecular flexibility index (Phi) is 6.41. The average molecular weight is 239 g/mol. The van der Waals surface area contributed by atoms with Gasteiger partial charge in [-0.25, -0.2) is 4.79 Å². The van der Waals surface area contributed by atoms with E-state index in [2.05, 4.69) is 11.4 Å². The number of likely N-dealkylation sites (tertiary alicyclic amines) is 1. The topological polar surface area (TPSA) is 65.4 Å². The van der Waals surface area contributed by atoms with Crippen LogP contribution in [0.25, 0.3) is 0 Å². The van der Waals surface area contributed by atoms with Gasteiger partial charge in [-0.3, -0.25) is 0 Å². The Morgan fingerprint density at radius 2 is 2.24 bits per heavy atom. The van der Waals surface area contributed by atoms with Crippen LogP contribution in [0.5, 0.6) is 0 Å². The number of ether oxygens (including phenoxy) is 1. The first kappa shape index (κ1) is 13.8. The number of nitriles is 1. The molecule has 0 unspecified atom stereocenters. The van der Waals surface area contributed by atoms with Crippen molar-refractivity contribution in [2.24, 2.45) is 0 Å². The highest BCUT2D eigenvalue weighted by Crippen LogP contribution is 2.11. The monoisotopic (exact) mass is 239 g/mol. The number of carbonyl (C=O) groups excluding carboxylic acids is 1. The predicted molar refractivity (Wildman–Crippen MR) is 64.5 cm³/mol. The van der Waals surface area contributed by atoms with Gasteiger partial charge in [-0.1, -0.05) is 0 Å². The molecular formula is C12H21N3O2. The van der Waals surface area contributed by atoms with E-state index in [1.54, 1.807) is 4.90 Å². The Balaban J connectivity index is 2.13. The molecule has 1 aliphatic heterocycles. The highest BCUT2D eigenvalue weighted by Gasteiger charge is 2.22. The Bertz CT molecular complexity index is 267. The van der Waals surface area contributed by atoms with Crippen molar-refractivity contribution >= 4 is 6.09 Å². The molecule has 0 atom stereocenters. The van der Waals surface area contributed by atoms with Gasteiger partial charge in [0, 0.05) is 25.6 Å². The van der Waals surface area contributed by atoms with E-state index in [4.69, 9.17) is 10.00 Å². The maximum absolute atomic E-state index is 11.5. The third kappa shape index (κ3) is 5.05. The Labute approximate surface area is 103 Å². The average Bonchev–Trinajstić information content (AvgIpc) is 2.36. The molecule has 1 rings (SSSR count). The van der Waals surface area contributed by atoms with E-state index in [9.17, 15) is 4.79 Å². The second kappa shape index (κ2) is 7.91. The molecule has 96 valence electrons. The SMILES string of the molecule is CCOC(=O)N1CCC(NCCCC#N)CC1. The summed E-state index contributed by atoms with van der Waals surface area (Å²) in [5.74, 6) is 0. The summed E-state index contributed by atoms with van der Waals surface area (Å²) in [4.78, 5) is 13.2. The first-order valence-electron chi connectivity index (χ1n) is 6.30. The number of hydrogen-bond donors (Lipinski definition) is 1. The van der Waals surface area contributed by atoms with Crippen LogP contribution in [-0.4, -0.2) is 43.3 Å². The minimum atomic E-state index is -0.199. The second-order valence-corrected chi connectivity index (χ2v) is 4.18. The van der Waals surface area contributed by atoms with E-state index in [1.165, 1.54) is 0 Å². The summed E-state index contributed by atoms with van der Waals surface area (Å²) in [6, 6.07) is 2.60. The van der Waals surface area contributed by atoms with E-state index >= 15 is 0 Å². The number of piperidine rings is 1. The summed E-state index contributed by atoms with van der Waals surface area (Å²) in [6.07, 6.45) is 3.23. The molecule has 0 saturated carbocycles. The molecular weight excluding hydrogens is 218 g/mol. The fraction of sp³-hybridized carbons (Fsp3) is 0.833. The maximum atomic E-state index is 11.5.